The quantitative estimate of drug-likeness (QED) is 0.753. The summed E-state index contributed by atoms with van der Waals surface area (Å²) < 4.78 is 28.1. The smallest absolute Gasteiger partial charge is 0.181 e. The zero-order chi connectivity index (χ0) is 17.1. The molecule has 124 valence electrons. The van der Waals surface area contributed by atoms with Crippen LogP contribution in [0.4, 0.5) is 8.78 Å². The SMILES string of the molecule is NCc1ccc(-c2nc(-c3ccc(F)c(F)c3)nn2CCO)cc1. The molecule has 3 rings (SSSR count). The maximum Gasteiger partial charge on any atom is 0.181 e. The van der Waals surface area contributed by atoms with Crippen molar-refractivity contribution in [3.05, 3.63) is 59.7 Å². The van der Waals surface area contributed by atoms with E-state index in [0.29, 0.717) is 17.9 Å². The predicted molar refractivity (Wildman–Crippen MR) is 85.8 cm³/mol. The van der Waals surface area contributed by atoms with Crippen LogP contribution in [0.1, 0.15) is 5.56 Å². The topological polar surface area (TPSA) is 77.0 Å². The molecule has 0 aliphatic heterocycles. The second-order valence-corrected chi connectivity index (χ2v) is 5.24. The summed E-state index contributed by atoms with van der Waals surface area (Å²) in [5, 5.41) is 13.5. The first-order valence-corrected chi connectivity index (χ1v) is 7.43. The summed E-state index contributed by atoms with van der Waals surface area (Å²) in [6, 6.07) is 11.0. The molecule has 3 N–H and O–H groups in total. The zero-order valence-electron chi connectivity index (χ0n) is 12.8. The van der Waals surface area contributed by atoms with Crippen LogP contribution < -0.4 is 5.73 Å². The van der Waals surface area contributed by atoms with Crippen LogP contribution in [0.25, 0.3) is 22.8 Å². The highest BCUT2D eigenvalue weighted by Gasteiger charge is 2.14. The molecule has 0 spiro atoms. The van der Waals surface area contributed by atoms with E-state index < -0.39 is 11.6 Å². The Kier molecular flexibility index (Phi) is 4.64. The van der Waals surface area contributed by atoms with E-state index in [1.165, 1.54) is 10.7 Å². The molecule has 0 saturated carbocycles. The fraction of sp³-hybridized carbons (Fsp3) is 0.176. The minimum Gasteiger partial charge on any atom is -0.394 e. The number of aromatic nitrogens is 3. The molecule has 0 aliphatic carbocycles. The summed E-state index contributed by atoms with van der Waals surface area (Å²) in [6.07, 6.45) is 0. The van der Waals surface area contributed by atoms with Crippen molar-refractivity contribution in [3.8, 4) is 22.8 Å². The second kappa shape index (κ2) is 6.86. The highest BCUT2D eigenvalue weighted by Crippen LogP contribution is 2.24. The monoisotopic (exact) mass is 330 g/mol. The van der Waals surface area contributed by atoms with Crippen molar-refractivity contribution in [2.24, 2.45) is 5.73 Å². The van der Waals surface area contributed by atoms with Crippen LogP contribution in [-0.4, -0.2) is 26.5 Å². The van der Waals surface area contributed by atoms with Gasteiger partial charge in [0.15, 0.2) is 23.3 Å². The molecular weight excluding hydrogens is 314 g/mol. The lowest BCUT2D eigenvalue weighted by atomic mass is 10.1. The lowest BCUT2D eigenvalue weighted by molar-refractivity contribution is 0.270. The van der Waals surface area contributed by atoms with Gasteiger partial charge in [0, 0.05) is 17.7 Å². The van der Waals surface area contributed by atoms with Crippen molar-refractivity contribution < 1.29 is 13.9 Å². The average molecular weight is 330 g/mol. The predicted octanol–water partition coefficient (Wildman–Crippen LogP) is 2.34. The fourth-order valence-corrected chi connectivity index (χ4v) is 2.35. The van der Waals surface area contributed by atoms with Crippen LogP contribution in [0, 0.1) is 11.6 Å². The van der Waals surface area contributed by atoms with Gasteiger partial charge >= 0.3 is 0 Å². The molecule has 0 radical (unpaired) electrons. The lowest BCUT2D eigenvalue weighted by Gasteiger charge is -2.04. The van der Waals surface area contributed by atoms with E-state index in [2.05, 4.69) is 10.1 Å². The molecule has 1 aromatic heterocycles. The molecule has 0 unspecified atom stereocenters. The third-order valence-electron chi connectivity index (χ3n) is 3.61. The number of aliphatic hydroxyl groups excluding tert-OH is 1. The van der Waals surface area contributed by atoms with Crippen LogP contribution in [-0.2, 0) is 13.1 Å². The van der Waals surface area contributed by atoms with Crippen molar-refractivity contribution in [1.82, 2.24) is 14.8 Å². The highest BCUT2D eigenvalue weighted by molar-refractivity contribution is 5.62. The van der Waals surface area contributed by atoms with Crippen molar-refractivity contribution in [1.29, 1.82) is 0 Å². The minimum atomic E-state index is -0.958. The van der Waals surface area contributed by atoms with E-state index >= 15 is 0 Å². The van der Waals surface area contributed by atoms with Gasteiger partial charge in [-0.15, -0.1) is 0 Å². The molecule has 0 bridgehead atoms. The van der Waals surface area contributed by atoms with Gasteiger partial charge in [0.1, 0.15) is 0 Å². The van der Waals surface area contributed by atoms with Gasteiger partial charge in [0.05, 0.1) is 13.2 Å². The zero-order valence-corrected chi connectivity index (χ0v) is 12.8. The largest absolute Gasteiger partial charge is 0.394 e. The summed E-state index contributed by atoms with van der Waals surface area (Å²) in [5.41, 5.74) is 7.73. The van der Waals surface area contributed by atoms with E-state index in [0.717, 1.165) is 23.3 Å². The third-order valence-corrected chi connectivity index (χ3v) is 3.61. The molecule has 0 amide bonds. The Morgan fingerprint density at radius 3 is 2.33 bits per heavy atom. The van der Waals surface area contributed by atoms with Crippen LogP contribution in [0.3, 0.4) is 0 Å². The van der Waals surface area contributed by atoms with Gasteiger partial charge in [-0.25, -0.2) is 18.4 Å². The molecule has 3 aromatic rings. The highest BCUT2D eigenvalue weighted by atomic mass is 19.2. The van der Waals surface area contributed by atoms with Crippen molar-refractivity contribution in [2.45, 2.75) is 13.1 Å². The van der Waals surface area contributed by atoms with Crippen LogP contribution in [0.5, 0.6) is 0 Å². The Hall–Kier alpha value is -2.64. The molecule has 24 heavy (non-hydrogen) atoms. The summed E-state index contributed by atoms with van der Waals surface area (Å²) in [7, 11) is 0. The third kappa shape index (κ3) is 3.17. The molecule has 0 aliphatic rings. The fourth-order valence-electron chi connectivity index (χ4n) is 2.35. The van der Waals surface area contributed by atoms with Gasteiger partial charge in [-0.3, -0.25) is 0 Å². The Balaban J connectivity index is 2.04. The van der Waals surface area contributed by atoms with Crippen molar-refractivity contribution >= 4 is 0 Å². The number of hydrogen-bond donors (Lipinski definition) is 2. The van der Waals surface area contributed by atoms with Gasteiger partial charge in [-0.2, -0.15) is 5.10 Å². The maximum absolute atomic E-state index is 13.4. The summed E-state index contributed by atoms with van der Waals surface area (Å²) >= 11 is 0. The van der Waals surface area contributed by atoms with Gasteiger partial charge in [0.25, 0.3) is 0 Å². The summed E-state index contributed by atoms with van der Waals surface area (Å²) in [5.74, 6) is -1.08. The average Bonchev–Trinajstić information content (AvgIpc) is 3.02. The van der Waals surface area contributed by atoms with E-state index in [4.69, 9.17) is 5.73 Å². The molecule has 5 nitrogen and oxygen atoms in total. The number of nitrogens with two attached hydrogens (primary N) is 1. The first-order valence-electron chi connectivity index (χ1n) is 7.43. The molecule has 0 saturated heterocycles. The first-order chi connectivity index (χ1) is 11.6. The second-order valence-electron chi connectivity index (χ2n) is 5.24. The molecule has 0 atom stereocenters. The van der Waals surface area contributed by atoms with Crippen LogP contribution >= 0.6 is 0 Å². The Labute approximate surface area is 137 Å². The van der Waals surface area contributed by atoms with E-state index in [9.17, 15) is 13.9 Å². The lowest BCUT2D eigenvalue weighted by Crippen LogP contribution is -2.06. The number of hydrogen-bond acceptors (Lipinski definition) is 4. The molecule has 1 heterocycles. The number of aliphatic hydroxyl groups is 1. The van der Waals surface area contributed by atoms with E-state index in [1.807, 2.05) is 24.3 Å². The van der Waals surface area contributed by atoms with E-state index in [1.54, 1.807) is 0 Å². The summed E-state index contributed by atoms with van der Waals surface area (Å²) in [4.78, 5) is 4.42. The minimum absolute atomic E-state index is 0.117. The summed E-state index contributed by atoms with van der Waals surface area (Å²) in [6.45, 7) is 0.558. The van der Waals surface area contributed by atoms with E-state index in [-0.39, 0.29) is 19.0 Å². The van der Waals surface area contributed by atoms with Crippen LogP contribution in [0.15, 0.2) is 42.5 Å². The number of nitrogens with zero attached hydrogens (tertiary/aromatic N) is 3. The van der Waals surface area contributed by atoms with Crippen LogP contribution in [0.2, 0.25) is 0 Å². The Morgan fingerprint density at radius 1 is 1.00 bits per heavy atom. The molecular formula is C17H16F2N4O. The number of halogens is 2. The number of rotatable bonds is 5. The van der Waals surface area contributed by atoms with Crippen molar-refractivity contribution in [3.63, 3.8) is 0 Å². The maximum atomic E-state index is 13.4. The standard InChI is InChI=1S/C17H16F2N4O/c18-14-6-5-13(9-15(14)19)16-21-17(23(22-16)7-8-24)12-3-1-11(10-20)2-4-12/h1-6,9,24H,7-8,10,20H2. The molecule has 2 aromatic carbocycles. The molecule has 7 heteroatoms. The molecule has 0 fully saturated rings. The number of benzene rings is 2. The van der Waals surface area contributed by atoms with Gasteiger partial charge < -0.3 is 10.8 Å². The normalized spacial score (nSPS) is 11.0. The van der Waals surface area contributed by atoms with Gasteiger partial charge in [0.2, 0.25) is 0 Å². The van der Waals surface area contributed by atoms with Crippen molar-refractivity contribution in [2.75, 3.05) is 6.61 Å². The Bertz CT molecular complexity index is 846. The van der Waals surface area contributed by atoms with Gasteiger partial charge in [-0.05, 0) is 23.8 Å². The first kappa shape index (κ1) is 16.2. The van der Waals surface area contributed by atoms with Gasteiger partial charge in [-0.1, -0.05) is 24.3 Å². The Morgan fingerprint density at radius 2 is 1.71 bits per heavy atom.